The molecule has 0 aromatic rings. The smallest absolute Gasteiger partial charge is 0.306 e. The zero-order valence-corrected chi connectivity index (χ0v) is 37.6. The van der Waals surface area contributed by atoms with E-state index in [1.807, 2.05) is 0 Å². The quantitative estimate of drug-likeness (QED) is 0.0201. The maximum Gasteiger partial charge on any atom is 0.306 e. The summed E-state index contributed by atoms with van der Waals surface area (Å²) in [4.78, 5) is 37.7. The molecule has 0 saturated heterocycles. The number of esters is 3. The van der Waals surface area contributed by atoms with Crippen LogP contribution in [0.2, 0.25) is 0 Å². The van der Waals surface area contributed by atoms with E-state index in [-0.39, 0.29) is 31.1 Å². The zero-order chi connectivity index (χ0) is 41.5. The van der Waals surface area contributed by atoms with Gasteiger partial charge in [-0.15, -0.1) is 0 Å². The molecule has 6 heteroatoms. The van der Waals surface area contributed by atoms with Gasteiger partial charge in [-0.3, -0.25) is 14.4 Å². The summed E-state index contributed by atoms with van der Waals surface area (Å²) in [5, 5.41) is 0. The normalized spacial score (nSPS) is 12.4. The minimum Gasteiger partial charge on any atom is -0.462 e. The van der Waals surface area contributed by atoms with Crippen molar-refractivity contribution >= 4 is 17.9 Å². The number of allylic oxidation sites excluding steroid dienone is 8. The fraction of sp³-hybridized carbons (Fsp3) is 0.784. The Balaban J connectivity index is 4.36. The Labute approximate surface area is 352 Å². The van der Waals surface area contributed by atoms with Gasteiger partial charge in [0.1, 0.15) is 13.2 Å². The molecular weight excluding hydrogens is 709 g/mol. The van der Waals surface area contributed by atoms with Crippen LogP contribution in [0.15, 0.2) is 48.6 Å². The van der Waals surface area contributed by atoms with Crippen LogP contribution in [0.3, 0.4) is 0 Å². The first-order chi connectivity index (χ1) is 28.0. The van der Waals surface area contributed by atoms with Crippen LogP contribution in [-0.4, -0.2) is 37.2 Å². The first kappa shape index (κ1) is 54.4. The monoisotopic (exact) mass is 799 g/mol. The molecule has 0 aromatic carbocycles. The third kappa shape index (κ3) is 44.3. The Morgan fingerprint density at radius 2 is 0.649 bits per heavy atom. The summed E-state index contributed by atoms with van der Waals surface area (Å²) in [6, 6.07) is 0. The fourth-order valence-electron chi connectivity index (χ4n) is 6.57. The molecule has 0 aliphatic heterocycles. The third-order valence-electron chi connectivity index (χ3n) is 10.3. The van der Waals surface area contributed by atoms with Gasteiger partial charge in [0.25, 0.3) is 0 Å². The summed E-state index contributed by atoms with van der Waals surface area (Å²) in [5.41, 5.74) is 0. The van der Waals surface area contributed by atoms with Crippen molar-refractivity contribution in [2.24, 2.45) is 0 Å². The van der Waals surface area contributed by atoms with Gasteiger partial charge in [-0.05, 0) is 83.5 Å². The molecule has 6 nitrogen and oxygen atoms in total. The van der Waals surface area contributed by atoms with Gasteiger partial charge in [0, 0.05) is 19.3 Å². The molecule has 0 saturated carbocycles. The van der Waals surface area contributed by atoms with E-state index < -0.39 is 6.10 Å². The number of hydrogen-bond donors (Lipinski definition) is 0. The molecule has 0 heterocycles. The Hall–Kier alpha value is -2.63. The van der Waals surface area contributed by atoms with Crippen molar-refractivity contribution in [2.45, 2.75) is 245 Å². The first-order valence-corrected chi connectivity index (χ1v) is 24.2. The minimum absolute atomic E-state index is 0.0877. The Kier molecular flexibility index (Phi) is 43.9. The van der Waals surface area contributed by atoms with Crippen molar-refractivity contribution in [2.75, 3.05) is 13.2 Å². The molecule has 1 unspecified atom stereocenters. The van der Waals surface area contributed by atoms with E-state index in [4.69, 9.17) is 14.2 Å². The van der Waals surface area contributed by atoms with Crippen LogP contribution < -0.4 is 0 Å². The molecule has 0 aliphatic rings. The van der Waals surface area contributed by atoms with E-state index in [0.29, 0.717) is 19.3 Å². The van der Waals surface area contributed by atoms with Gasteiger partial charge in [0.05, 0.1) is 0 Å². The average Bonchev–Trinajstić information content (AvgIpc) is 3.21. The molecule has 0 spiro atoms. The maximum absolute atomic E-state index is 12.7. The van der Waals surface area contributed by atoms with Gasteiger partial charge in [-0.1, -0.05) is 185 Å². The van der Waals surface area contributed by atoms with Gasteiger partial charge in [-0.25, -0.2) is 0 Å². The van der Waals surface area contributed by atoms with Crippen LogP contribution in [0.25, 0.3) is 0 Å². The number of carbonyl (C=O) groups is 3. The van der Waals surface area contributed by atoms with Gasteiger partial charge in [0.15, 0.2) is 6.10 Å². The maximum atomic E-state index is 12.7. The molecule has 0 amide bonds. The van der Waals surface area contributed by atoms with Crippen molar-refractivity contribution < 1.29 is 28.6 Å². The lowest BCUT2D eigenvalue weighted by Crippen LogP contribution is -2.30. The SMILES string of the molecule is CCCC/C=C\CCCCCCCC(=O)OC(COC(=O)CCCCCC/C=C\CCCC)COC(=O)CCCCCCC/C=C\C=C/CCCCCCCCC. The van der Waals surface area contributed by atoms with Gasteiger partial charge in [0.2, 0.25) is 0 Å². The lowest BCUT2D eigenvalue weighted by molar-refractivity contribution is -0.167. The van der Waals surface area contributed by atoms with Crippen LogP contribution in [-0.2, 0) is 28.6 Å². The summed E-state index contributed by atoms with van der Waals surface area (Å²) in [6.45, 7) is 6.51. The van der Waals surface area contributed by atoms with E-state index in [1.165, 1.54) is 89.9 Å². The first-order valence-electron chi connectivity index (χ1n) is 24.2. The Bertz CT molecular complexity index is 1010. The number of unbranched alkanes of at least 4 members (excludes halogenated alkanes) is 25. The lowest BCUT2D eigenvalue weighted by atomic mass is 10.1. The topological polar surface area (TPSA) is 78.9 Å². The highest BCUT2D eigenvalue weighted by Gasteiger charge is 2.19. The van der Waals surface area contributed by atoms with Crippen molar-refractivity contribution in [3.05, 3.63) is 48.6 Å². The standard InChI is InChI=1S/C51H90O6/c1-4-7-10-13-16-19-22-23-24-25-26-27-28-30-32-35-38-41-44-50(53)56-47-48(46-55-49(52)43-40-37-34-31-21-18-15-12-9-6-3)57-51(54)45-42-39-36-33-29-20-17-14-11-8-5-2/h14-15,17-18,24-27,48H,4-13,16,19-23,28-47H2,1-3H3/b17-14-,18-15-,25-24-,27-26-. The second-order valence-corrected chi connectivity index (χ2v) is 16.0. The van der Waals surface area contributed by atoms with E-state index in [9.17, 15) is 14.4 Å². The molecule has 0 N–H and O–H groups in total. The molecule has 1 atom stereocenters. The fourth-order valence-corrected chi connectivity index (χ4v) is 6.57. The highest BCUT2D eigenvalue weighted by molar-refractivity contribution is 5.71. The summed E-state index contributed by atoms with van der Waals surface area (Å²) in [7, 11) is 0. The summed E-state index contributed by atoms with van der Waals surface area (Å²) in [6.07, 6.45) is 53.8. The lowest BCUT2D eigenvalue weighted by Gasteiger charge is -2.18. The Morgan fingerprint density at radius 3 is 1.04 bits per heavy atom. The van der Waals surface area contributed by atoms with Crippen molar-refractivity contribution in [1.82, 2.24) is 0 Å². The van der Waals surface area contributed by atoms with E-state index >= 15 is 0 Å². The molecule has 0 radical (unpaired) electrons. The largest absolute Gasteiger partial charge is 0.462 e. The van der Waals surface area contributed by atoms with Crippen molar-refractivity contribution in [3.63, 3.8) is 0 Å². The predicted molar refractivity (Wildman–Crippen MR) is 242 cm³/mol. The summed E-state index contributed by atoms with van der Waals surface area (Å²) < 4.78 is 16.7. The van der Waals surface area contributed by atoms with Gasteiger partial charge < -0.3 is 14.2 Å². The number of rotatable bonds is 43. The predicted octanol–water partition coefficient (Wildman–Crippen LogP) is 15.5. The third-order valence-corrected chi connectivity index (χ3v) is 10.3. The average molecular weight is 799 g/mol. The van der Waals surface area contributed by atoms with Gasteiger partial charge >= 0.3 is 17.9 Å². The highest BCUT2D eigenvalue weighted by atomic mass is 16.6. The molecule has 0 bridgehead atoms. The molecule has 0 fully saturated rings. The van der Waals surface area contributed by atoms with Crippen LogP contribution in [0.1, 0.15) is 239 Å². The molecule has 0 aromatic heterocycles. The molecule has 330 valence electrons. The highest BCUT2D eigenvalue weighted by Crippen LogP contribution is 2.13. The van der Waals surface area contributed by atoms with E-state index in [1.54, 1.807) is 0 Å². The summed E-state index contributed by atoms with van der Waals surface area (Å²) in [5.74, 6) is -0.925. The second kappa shape index (κ2) is 46.1. The van der Waals surface area contributed by atoms with E-state index in [0.717, 1.165) is 109 Å². The van der Waals surface area contributed by atoms with Crippen LogP contribution in [0.5, 0.6) is 0 Å². The van der Waals surface area contributed by atoms with Gasteiger partial charge in [-0.2, -0.15) is 0 Å². The van der Waals surface area contributed by atoms with Crippen LogP contribution in [0.4, 0.5) is 0 Å². The molecular formula is C51H90O6. The van der Waals surface area contributed by atoms with Crippen LogP contribution in [0, 0.1) is 0 Å². The number of carbonyl (C=O) groups excluding carboxylic acids is 3. The van der Waals surface area contributed by atoms with Crippen molar-refractivity contribution in [1.29, 1.82) is 0 Å². The van der Waals surface area contributed by atoms with Crippen molar-refractivity contribution in [3.8, 4) is 0 Å². The zero-order valence-electron chi connectivity index (χ0n) is 37.6. The molecule has 0 aliphatic carbocycles. The molecule has 57 heavy (non-hydrogen) atoms. The minimum atomic E-state index is -0.785. The number of hydrogen-bond acceptors (Lipinski definition) is 6. The van der Waals surface area contributed by atoms with E-state index in [2.05, 4.69) is 69.4 Å². The number of ether oxygens (including phenoxy) is 3. The second-order valence-electron chi connectivity index (χ2n) is 16.0. The molecule has 0 rings (SSSR count). The van der Waals surface area contributed by atoms with Crippen LogP contribution >= 0.6 is 0 Å². The Morgan fingerprint density at radius 1 is 0.351 bits per heavy atom. The summed E-state index contributed by atoms with van der Waals surface area (Å²) >= 11 is 0.